The number of nitrogens with zero attached hydrogens (tertiary/aromatic N) is 1. The summed E-state index contributed by atoms with van der Waals surface area (Å²) in [6.07, 6.45) is 4.81. The van der Waals surface area contributed by atoms with Crippen LogP contribution in [0, 0.1) is 0 Å². The maximum Gasteiger partial charge on any atom is 0.0457 e. The van der Waals surface area contributed by atoms with Gasteiger partial charge in [-0.2, -0.15) is 0 Å². The first kappa shape index (κ1) is 12.7. The molecular formula is C16H23N3. The number of benzene rings is 1. The number of aromatic nitrogens is 1. The van der Waals surface area contributed by atoms with Gasteiger partial charge in [0.05, 0.1) is 0 Å². The Morgan fingerprint density at radius 3 is 3.00 bits per heavy atom. The Kier molecular flexibility index (Phi) is 3.85. The lowest BCUT2D eigenvalue weighted by atomic mass is 10.1. The molecule has 0 spiro atoms. The van der Waals surface area contributed by atoms with E-state index in [0.29, 0.717) is 0 Å². The summed E-state index contributed by atoms with van der Waals surface area (Å²) in [4.78, 5) is 5.85. The van der Waals surface area contributed by atoms with Crippen LogP contribution in [0.4, 0.5) is 0 Å². The predicted octanol–water partition coefficient (Wildman–Crippen LogP) is 2.74. The molecule has 19 heavy (non-hydrogen) atoms. The first-order chi connectivity index (χ1) is 9.38. The van der Waals surface area contributed by atoms with E-state index in [1.165, 1.54) is 42.4 Å². The van der Waals surface area contributed by atoms with Crippen LogP contribution in [0.3, 0.4) is 0 Å². The molecule has 0 amide bonds. The van der Waals surface area contributed by atoms with Gasteiger partial charge in [-0.1, -0.05) is 19.1 Å². The Balaban J connectivity index is 1.50. The quantitative estimate of drug-likeness (QED) is 0.747. The van der Waals surface area contributed by atoms with Crippen LogP contribution in [-0.4, -0.2) is 35.6 Å². The van der Waals surface area contributed by atoms with Crippen molar-refractivity contribution in [3.8, 4) is 0 Å². The van der Waals surface area contributed by atoms with E-state index in [9.17, 15) is 0 Å². The molecule has 0 radical (unpaired) electrons. The molecule has 0 aliphatic heterocycles. The molecular weight excluding hydrogens is 234 g/mol. The normalized spacial score (nSPS) is 15.5. The topological polar surface area (TPSA) is 31.1 Å². The Bertz CT molecular complexity index is 528. The second kappa shape index (κ2) is 5.76. The monoisotopic (exact) mass is 257 g/mol. The van der Waals surface area contributed by atoms with Crippen LogP contribution in [0.1, 0.15) is 25.3 Å². The second-order valence-corrected chi connectivity index (χ2v) is 5.39. The van der Waals surface area contributed by atoms with Crippen molar-refractivity contribution in [2.75, 3.05) is 19.6 Å². The summed E-state index contributed by atoms with van der Waals surface area (Å²) in [6, 6.07) is 9.50. The van der Waals surface area contributed by atoms with E-state index in [1.807, 2.05) is 6.20 Å². The van der Waals surface area contributed by atoms with E-state index in [4.69, 9.17) is 0 Å². The molecule has 2 aromatic rings. The molecule has 3 nitrogen and oxygen atoms in total. The molecule has 1 aromatic carbocycles. The lowest BCUT2D eigenvalue weighted by Gasteiger charge is -2.19. The van der Waals surface area contributed by atoms with Crippen LogP contribution >= 0.6 is 0 Å². The molecule has 1 heterocycles. The minimum atomic E-state index is 0.875. The van der Waals surface area contributed by atoms with Gasteiger partial charge in [0, 0.05) is 42.8 Å². The zero-order chi connectivity index (χ0) is 13.1. The van der Waals surface area contributed by atoms with Gasteiger partial charge in [-0.25, -0.2) is 0 Å². The molecule has 3 rings (SSSR count). The number of aromatic amines is 1. The number of likely N-dealkylation sites (N-methyl/N-ethyl adjacent to an activating group) is 1. The van der Waals surface area contributed by atoms with Gasteiger partial charge in [0.15, 0.2) is 0 Å². The van der Waals surface area contributed by atoms with Crippen LogP contribution in [0.15, 0.2) is 30.5 Å². The van der Waals surface area contributed by atoms with Gasteiger partial charge in [0.1, 0.15) is 0 Å². The Labute approximate surface area is 115 Å². The zero-order valence-electron chi connectivity index (χ0n) is 11.7. The van der Waals surface area contributed by atoms with Gasteiger partial charge in [0.25, 0.3) is 0 Å². The van der Waals surface area contributed by atoms with Crippen molar-refractivity contribution in [1.29, 1.82) is 0 Å². The molecule has 3 heteroatoms. The molecule has 1 aromatic heterocycles. The SMILES string of the molecule is CCN(CCNCc1cccc2[nH]ccc12)C1CC1. The zero-order valence-corrected chi connectivity index (χ0v) is 11.7. The van der Waals surface area contributed by atoms with Crippen molar-refractivity contribution < 1.29 is 0 Å². The highest BCUT2D eigenvalue weighted by atomic mass is 15.2. The highest BCUT2D eigenvalue weighted by molar-refractivity contribution is 5.82. The van der Waals surface area contributed by atoms with Crippen LogP contribution in [-0.2, 0) is 6.54 Å². The number of H-pyrrole nitrogens is 1. The third-order valence-corrected chi connectivity index (χ3v) is 4.05. The van der Waals surface area contributed by atoms with Crippen molar-refractivity contribution in [3.05, 3.63) is 36.0 Å². The highest BCUT2D eigenvalue weighted by Gasteiger charge is 2.26. The standard InChI is InChI=1S/C16H23N3/c1-2-19(14-6-7-14)11-10-17-12-13-4-3-5-16-15(13)8-9-18-16/h3-5,8-9,14,17-18H,2,6-7,10-12H2,1H3. The molecule has 0 saturated heterocycles. The van der Waals surface area contributed by atoms with Crippen LogP contribution in [0.25, 0.3) is 10.9 Å². The molecule has 1 aliphatic rings. The van der Waals surface area contributed by atoms with Crippen molar-refractivity contribution in [3.63, 3.8) is 0 Å². The maximum atomic E-state index is 3.58. The molecule has 0 bridgehead atoms. The number of fused-ring (bicyclic) bond motifs is 1. The minimum absolute atomic E-state index is 0.875. The maximum absolute atomic E-state index is 3.58. The van der Waals surface area contributed by atoms with E-state index in [-0.39, 0.29) is 0 Å². The van der Waals surface area contributed by atoms with Crippen LogP contribution < -0.4 is 5.32 Å². The summed E-state index contributed by atoms with van der Waals surface area (Å²) in [6.45, 7) is 6.64. The molecule has 102 valence electrons. The average Bonchev–Trinajstić information content (AvgIpc) is 3.15. The van der Waals surface area contributed by atoms with Gasteiger partial charge < -0.3 is 10.3 Å². The second-order valence-electron chi connectivity index (χ2n) is 5.39. The Hall–Kier alpha value is -1.32. The average molecular weight is 257 g/mol. The summed E-state index contributed by atoms with van der Waals surface area (Å²) < 4.78 is 0. The van der Waals surface area contributed by atoms with Gasteiger partial charge in [-0.15, -0.1) is 0 Å². The summed E-state index contributed by atoms with van der Waals surface area (Å²) >= 11 is 0. The number of nitrogens with one attached hydrogen (secondary N) is 2. The highest BCUT2D eigenvalue weighted by Crippen LogP contribution is 2.25. The Morgan fingerprint density at radius 1 is 1.32 bits per heavy atom. The van der Waals surface area contributed by atoms with E-state index < -0.39 is 0 Å². The van der Waals surface area contributed by atoms with E-state index >= 15 is 0 Å². The molecule has 2 N–H and O–H groups in total. The fraction of sp³-hybridized carbons (Fsp3) is 0.500. The molecule has 1 saturated carbocycles. The number of hydrogen-bond acceptors (Lipinski definition) is 2. The number of rotatable bonds is 7. The largest absolute Gasteiger partial charge is 0.361 e. The van der Waals surface area contributed by atoms with Crippen molar-refractivity contribution >= 4 is 10.9 Å². The number of hydrogen-bond donors (Lipinski definition) is 2. The van der Waals surface area contributed by atoms with Gasteiger partial charge in [-0.3, -0.25) is 4.90 Å². The first-order valence-electron chi connectivity index (χ1n) is 7.38. The van der Waals surface area contributed by atoms with E-state index in [0.717, 1.165) is 19.1 Å². The third kappa shape index (κ3) is 2.99. The summed E-state index contributed by atoms with van der Waals surface area (Å²) in [5.74, 6) is 0. The molecule has 1 fully saturated rings. The van der Waals surface area contributed by atoms with E-state index in [1.54, 1.807) is 0 Å². The van der Waals surface area contributed by atoms with Gasteiger partial charge in [-0.05, 0) is 37.1 Å². The van der Waals surface area contributed by atoms with Crippen LogP contribution in [0.5, 0.6) is 0 Å². The van der Waals surface area contributed by atoms with Crippen molar-refractivity contribution in [1.82, 2.24) is 15.2 Å². The third-order valence-electron chi connectivity index (χ3n) is 4.05. The summed E-state index contributed by atoms with van der Waals surface area (Å²) in [5.41, 5.74) is 2.61. The predicted molar refractivity (Wildman–Crippen MR) is 80.3 cm³/mol. The molecule has 1 aliphatic carbocycles. The lowest BCUT2D eigenvalue weighted by molar-refractivity contribution is 0.277. The van der Waals surface area contributed by atoms with Gasteiger partial charge >= 0.3 is 0 Å². The summed E-state index contributed by atoms with van der Waals surface area (Å²) in [7, 11) is 0. The van der Waals surface area contributed by atoms with E-state index in [2.05, 4.69) is 46.4 Å². The fourth-order valence-electron chi connectivity index (χ4n) is 2.79. The van der Waals surface area contributed by atoms with Crippen molar-refractivity contribution in [2.24, 2.45) is 0 Å². The molecule has 0 atom stereocenters. The first-order valence-corrected chi connectivity index (χ1v) is 7.38. The lowest BCUT2D eigenvalue weighted by Crippen LogP contribution is -2.33. The summed E-state index contributed by atoms with van der Waals surface area (Å²) in [5, 5.41) is 4.91. The Morgan fingerprint density at radius 2 is 2.21 bits per heavy atom. The molecule has 0 unspecified atom stereocenters. The minimum Gasteiger partial charge on any atom is -0.361 e. The van der Waals surface area contributed by atoms with Crippen molar-refractivity contribution in [2.45, 2.75) is 32.4 Å². The fourth-order valence-corrected chi connectivity index (χ4v) is 2.79. The van der Waals surface area contributed by atoms with Crippen LogP contribution in [0.2, 0.25) is 0 Å². The smallest absolute Gasteiger partial charge is 0.0457 e. The van der Waals surface area contributed by atoms with Gasteiger partial charge in [0.2, 0.25) is 0 Å².